The van der Waals surface area contributed by atoms with Gasteiger partial charge in [0.1, 0.15) is 17.3 Å². The molecular formula is C28H34N8O3S. The smallest absolute Gasteiger partial charge is 0.269 e. The van der Waals surface area contributed by atoms with Crippen LogP contribution in [-0.4, -0.2) is 62.0 Å². The second-order valence-corrected chi connectivity index (χ2v) is 11.6. The van der Waals surface area contributed by atoms with Gasteiger partial charge in [0.25, 0.3) is 11.2 Å². The number of hydrogen-bond donors (Lipinski definition) is 3. The SMILES string of the molecule is C=C(c1cccc(NC2=NS(=O)N=C2N[C@@H](c2ccc(C)o2)C(C)(C)C)c1O)N1CCN(c2ncccn2)CC1. The summed E-state index contributed by atoms with van der Waals surface area (Å²) in [6.45, 7) is 15.3. The number of para-hydroxylation sites is 1. The second kappa shape index (κ2) is 11.1. The quantitative estimate of drug-likeness (QED) is 0.381. The van der Waals surface area contributed by atoms with Gasteiger partial charge in [0, 0.05) is 49.8 Å². The predicted octanol–water partition coefficient (Wildman–Crippen LogP) is 4.05. The molecule has 5 rings (SSSR count). The lowest BCUT2D eigenvalue weighted by molar-refractivity contribution is 0.261. The van der Waals surface area contributed by atoms with E-state index in [4.69, 9.17) is 4.42 Å². The largest absolute Gasteiger partial charge is 0.505 e. The first-order valence-electron chi connectivity index (χ1n) is 13.1. The number of amidine groups is 2. The lowest BCUT2D eigenvalue weighted by Gasteiger charge is -2.37. The van der Waals surface area contributed by atoms with E-state index in [-0.39, 0.29) is 23.0 Å². The van der Waals surface area contributed by atoms with Crippen LogP contribution in [0.1, 0.15) is 43.9 Å². The van der Waals surface area contributed by atoms with E-state index in [1.54, 1.807) is 24.5 Å². The van der Waals surface area contributed by atoms with Gasteiger partial charge in [-0.05, 0) is 42.7 Å². The van der Waals surface area contributed by atoms with Gasteiger partial charge in [0.05, 0.1) is 11.7 Å². The van der Waals surface area contributed by atoms with Gasteiger partial charge < -0.3 is 30.0 Å². The van der Waals surface area contributed by atoms with Crippen LogP contribution in [0.4, 0.5) is 11.6 Å². The van der Waals surface area contributed by atoms with E-state index in [1.165, 1.54) is 0 Å². The molecule has 0 bridgehead atoms. The maximum absolute atomic E-state index is 12.4. The third kappa shape index (κ3) is 5.86. The van der Waals surface area contributed by atoms with Gasteiger partial charge in [-0.1, -0.05) is 33.4 Å². The van der Waals surface area contributed by atoms with Gasteiger partial charge in [0.2, 0.25) is 5.95 Å². The summed E-state index contributed by atoms with van der Waals surface area (Å²) in [5.74, 6) is 2.87. The number of piperazine rings is 1. The Morgan fingerprint density at radius 1 is 1.05 bits per heavy atom. The Bertz CT molecular complexity index is 1470. The molecule has 210 valence electrons. The number of aromatic hydroxyl groups is 1. The zero-order valence-corrected chi connectivity index (χ0v) is 23.9. The third-order valence-electron chi connectivity index (χ3n) is 6.85. The molecule has 1 aromatic carbocycles. The highest BCUT2D eigenvalue weighted by Crippen LogP contribution is 2.36. The van der Waals surface area contributed by atoms with Gasteiger partial charge in [-0.15, -0.1) is 8.80 Å². The molecule has 1 unspecified atom stereocenters. The molecule has 3 aromatic rings. The fraction of sp³-hybridized carbons (Fsp3) is 0.357. The second-order valence-electron chi connectivity index (χ2n) is 10.8. The molecule has 11 nitrogen and oxygen atoms in total. The molecule has 1 fully saturated rings. The van der Waals surface area contributed by atoms with Crippen LogP contribution in [0.3, 0.4) is 0 Å². The van der Waals surface area contributed by atoms with Crippen molar-refractivity contribution in [2.45, 2.75) is 33.7 Å². The van der Waals surface area contributed by atoms with Crippen molar-refractivity contribution in [3.63, 3.8) is 0 Å². The van der Waals surface area contributed by atoms with Crippen molar-refractivity contribution in [1.82, 2.24) is 20.2 Å². The number of aromatic nitrogens is 2. The third-order valence-corrected chi connectivity index (χ3v) is 7.53. The van der Waals surface area contributed by atoms with Gasteiger partial charge in [0.15, 0.2) is 11.7 Å². The lowest BCUT2D eigenvalue weighted by atomic mass is 9.85. The molecule has 2 aliphatic heterocycles. The molecule has 3 N–H and O–H groups in total. The standard InChI is InChI=1S/C28H34N8O3S/c1-18-10-11-22(39-18)24(28(3,4)5)32-26-25(33-40(38)34-26)31-21-9-6-8-20(23(21)37)19(2)35-14-16-36(17-15-35)27-29-12-7-13-30-27/h6-13,24,37H,2,14-17H2,1,3-5H3,(H,31,33)(H,32,34)/t24-,40?/m0/s1. The molecule has 2 atom stereocenters. The molecule has 4 heterocycles. The minimum absolute atomic E-state index is 0.0232. The highest BCUT2D eigenvalue weighted by Gasteiger charge is 2.33. The van der Waals surface area contributed by atoms with E-state index in [0.717, 1.165) is 24.6 Å². The number of phenols is 1. The summed E-state index contributed by atoms with van der Waals surface area (Å²) in [6, 6.07) is 10.7. The number of rotatable bonds is 6. The minimum atomic E-state index is -1.80. The first kappa shape index (κ1) is 27.4. The molecule has 1 saturated heterocycles. The van der Waals surface area contributed by atoms with Gasteiger partial charge >= 0.3 is 0 Å². The molecule has 2 aromatic heterocycles. The fourth-order valence-corrected chi connectivity index (χ4v) is 5.33. The van der Waals surface area contributed by atoms with Crippen molar-refractivity contribution in [3.8, 4) is 5.75 Å². The van der Waals surface area contributed by atoms with E-state index in [0.29, 0.717) is 41.8 Å². The highest BCUT2D eigenvalue weighted by atomic mass is 32.2. The summed E-state index contributed by atoms with van der Waals surface area (Å²) >= 11 is -1.80. The van der Waals surface area contributed by atoms with E-state index < -0.39 is 11.2 Å². The van der Waals surface area contributed by atoms with E-state index in [9.17, 15) is 9.32 Å². The van der Waals surface area contributed by atoms with Crippen molar-refractivity contribution in [1.29, 1.82) is 0 Å². The van der Waals surface area contributed by atoms with Crippen molar-refractivity contribution >= 4 is 40.2 Å². The molecule has 12 heteroatoms. The molecule has 0 radical (unpaired) electrons. The number of phenolic OH excluding ortho intramolecular Hbond substituents is 1. The Morgan fingerprint density at radius 3 is 2.40 bits per heavy atom. The Labute approximate surface area is 236 Å². The van der Waals surface area contributed by atoms with Crippen LogP contribution in [0.15, 0.2) is 68.6 Å². The number of nitrogens with zero attached hydrogens (tertiary/aromatic N) is 6. The van der Waals surface area contributed by atoms with Crippen LogP contribution in [0, 0.1) is 12.3 Å². The van der Waals surface area contributed by atoms with Crippen molar-refractivity contribution in [2.75, 3.05) is 36.4 Å². The monoisotopic (exact) mass is 562 g/mol. The predicted molar refractivity (Wildman–Crippen MR) is 158 cm³/mol. The highest BCUT2D eigenvalue weighted by molar-refractivity contribution is 7.83. The molecule has 0 amide bonds. The fourth-order valence-electron chi connectivity index (χ4n) is 4.71. The van der Waals surface area contributed by atoms with Crippen LogP contribution >= 0.6 is 0 Å². The molecular weight excluding hydrogens is 528 g/mol. The summed E-state index contributed by atoms with van der Waals surface area (Å²) in [5, 5.41) is 17.7. The summed E-state index contributed by atoms with van der Waals surface area (Å²) < 4.78 is 26.6. The Balaban J connectivity index is 1.30. The first-order valence-corrected chi connectivity index (χ1v) is 14.1. The number of nitrogens with one attached hydrogen (secondary N) is 2. The van der Waals surface area contributed by atoms with Crippen LogP contribution < -0.4 is 15.5 Å². The zero-order valence-electron chi connectivity index (χ0n) is 23.1. The van der Waals surface area contributed by atoms with Crippen LogP contribution in [-0.2, 0) is 11.2 Å². The van der Waals surface area contributed by atoms with E-state index >= 15 is 0 Å². The van der Waals surface area contributed by atoms with Crippen LogP contribution in [0.2, 0.25) is 0 Å². The zero-order chi connectivity index (χ0) is 28.4. The van der Waals surface area contributed by atoms with Crippen LogP contribution in [0.25, 0.3) is 5.70 Å². The molecule has 40 heavy (non-hydrogen) atoms. The Morgan fingerprint density at radius 2 is 1.75 bits per heavy atom. The Hall–Kier alpha value is -4.19. The Kier molecular flexibility index (Phi) is 7.61. The average molecular weight is 563 g/mol. The number of aryl methyl sites for hydroxylation is 1. The number of furan rings is 1. The van der Waals surface area contributed by atoms with Gasteiger partial charge in [-0.3, -0.25) is 0 Å². The van der Waals surface area contributed by atoms with Crippen molar-refractivity contribution in [2.24, 2.45) is 14.2 Å². The number of benzene rings is 1. The van der Waals surface area contributed by atoms with Gasteiger partial charge in [-0.25, -0.2) is 14.2 Å². The summed E-state index contributed by atoms with van der Waals surface area (Å²) in [5.41, 5.74) is 1.46. The summed E-state index contributed by atoms with van der Waals surface area (Å²) in [7, 11) is 0. The summed E-state index contributed by atoms with van der Waals surface area (Å²) in [4.78, 5) is 12.9. The number of anilines is 2. The molecule has 0 saturated carbocycles. The molecule has 2 aliphatic rings. The van der Waals surface area contributed by atoms with Crippen molar-refractivity contribution < 1.29 is 13.7 Å². The number of hydrogen-bond acceptors (Lipinski definition) is 9. The maximum Gasteiger partial charge on any atom is 0.269 e. The van der Waals surface area contributed by atoms with E-state index in [2.05, 4.69) is 66.5 Å². The first-order chi connectivity index (χ1) is 19.1. The molecule has 0 aliphatic carbocycles. The minimum Gasteiger partial charge on any atom is -0.505 e. The normalized spacial score (nSPS) is 18.2. The lowest BCUT2D eigenvalue weighted by Crippen LogP contribution is -2.46. The van der Waals surface area contributed by atoms with Crippen LogP contribution in [0.5, 0.6) is 5.75 Å². The average Bonchev–Trinajstić information content (AvgIpc) is 3.52. The molecule has 0 spiro atoms. The van der Waals surface area contributed by atoms with E-state index in [1.807, 2.05) is 31.2 Å². The summed E-state index contributed by atoms with van der Waals surface area (Å²) in [6.07, 6.45) is 3.47. The van der Waals surface area contributed by atoms with Crippen molar-refractivity contribution in [3.05, 3.63) is 72.5 Å². The van der Waals surface area contributed by atoms with Gasteiger partial charge in [-0.2, -0.15) is 0 Å². The maximum atomic E-state index is 12.4. The topological polar surface area (TPSA) is 131 Å².